The summed E-state index contributed by atoms with van der Waals surface area (Å²) in [5, 5.41) is 30.5. The minimum absolute atomic E-state index is 0.0321. The van der Waals surface area contributed by atoms with Crippen molar-refractivity contribution in [3.63, 3.8) is 0 Å². The Morgan fingerprint density at radius 3 is 2.51 bits per heavy atom. The summed E-state index contributed by atoms with van der Waals surface area (Å²) in [5.41, 5.74) is 3.12. The molecule has 5 rings (SSSR count). The van der Waals surface area contributed by atoms with Crippen molar-refractivity contribution < 1.29 is 43.7 Å². The van der Waals surface area contributed by atoms with Crippen LogP contribution in [0.3, 0.4) is 0 Å². The maximum Gasteiger partial charge on any atom is 0.231 e. The molecule has 0 amide bonds. The van der Waals surface area contributed by atoms with Crippen LogP contribution < -0.4 is 18.9 Å². The Labute approximate surface area is 204 Å². The number of benzene rings is 2. The third-order valence-electron chi connectivity index (χ3n) is 7.22. The standard InChI is InChI=1S/C26H32O9/c1-30-22-7-15-5-16(10-27)19(12-33-26-20(29)8-17(28)11-32-26)25(18(15)9-23(22)31-2)14-3-4-21-24(6-14)35-13-34-21/h3-4,6-7,9,16-17,19-20,25-29H,5,8,10-13H2,1-2H3/t16-,17+,19-,20-,25?,26+/m1/s1. The van der Waals surface area contributed by atoms with Gasteiger partial charge in [-0.05, 0) is 59.2 Å². The molecule has 2 aromatic rings. The van der Waals surface area contributed by atoms with Gasteiger partial charge < -0.3 is 43.7 Å². The van der Waals surface area contributed by atoms with Gasteiger partial charge in [0.25, 0.3) is 0 Å². The van der Waals surface area contributed by atoms with E-state index in [-0.39, 0.29) is 50.8 Å². The van der Waals surface area contributed by atoms with Crippen LogP contribution in [0.1, 0.15) is 29.0 Å². The Kier molecular flexibility index (Phi) is 7.04. The second kappa shape index (κ2) is 10.2. The Morgan fingerprint density at radius 1 is 1.00 bits per heavy atom. The predicted molar refractivity (Wildman–Crippen MR) is 124 cm³/mol. The molecule has 1 unspecified atom stereocenters. The molecule has 2 aromatic carbocycles. The van der Waals surface area contributed by atoms with E-state index in [2.05, 4.69) is 0 Å². The number of methoxy groups -OCH3 is 2. The van der Waals surface area contributed by atoms with Crippen molar-refractivity contribution in [1.82, 2.24) is 0 Å². The summed E-state index contributed by atoms with van der Waals surface area (Å²) >= 11 is 0. The first kappa shape index (κ1) is 24.1. The molecular formula is C26H32O9. The summed E-state index contributed by atoms with van der Waals surface area (Å²) in [7, 11) is 3.21. The van der Waals surface area contributed by atoms with Crippen LogP contribution in [0.25, 0.3) is 0 Å². The fraction of sp³-hybridized carbons (Fsp3) is 0.538. The molecule has 3 N–H and O–H groups in total. The van der Waals surface area contributed by atoms with E-state index >= 15 is 0 Å². The topological polar surface area (TPSA) is 116 Å². The Morgan fingerprint density at radius 2 is 1.77 bits per heavy atom. The number of aliphatic hydroxyl groups excluding tert-OH is 3. The summed E-state index contributed by atoms with van der Waals surface area (Å²) in [6.07, 6.45) is -1.63. The molecule has 9 heteroatoms. The second-order valence-corrected chi connectivity index (χ2v) is 9.30. The first-order valence-electron chi connectivity index (χ1n) is 11.9. The molecule has 6 atom stereocenters. The zero-order valence-electron chi connectivity index (χ0n) is 19.9. The van der Waals surface area contributed by atoms with Crippen LogP contribution in [0, 0.1) is 11.8 Å². The van der Waals surface area contributed by atoms with Crippen LogP contribution >= 0.6 is 0 Å². The zero-order chi connectivity index (χ0) is 24.5. The number of ether oxygens (including phenoxy) is 6. The number of rotatable bonds is 7. The summed E-state index contributed by atoms with van der Waals surface area (Å²) in [4.78, 5) is 0. The quantitative estimate of drug-likeness (QED) is 0.537. The van der Waals surface area contributed by atoms with Gasteiger partial charge in [0.15, 0.2) is 29.3 Å². The van der Waals surface area contributed by atoms with Gasteiger partial charge in [-0.1, -0.05) is 6.07 Å². The van der Waals surface area contributed by atoms with E-state index in [4.69, 9.17) is 28.4 Å². The normalized spacial score (nSPS) is 29.5. The van der Waals surface area contributed by atoms with Crippen LogP contribution in [0.15, 0.2) is 30.3 Å². The van der Waals surface area contributed by atoms with E-state index in [9.17, 15) is 15.3 Å². The van der Waals surface area contributed by atoms with Gasteiger partial charge in [0.2, 0.25) is 6.79 Å². The van der Waals surface area contributed by atoms with Crippen molar-refractivity contribution in [2.24, 2.45) is 11.8 Å². The van der Waals surface area contributed by atoms with Gasteiger partial charge in [0, 0.05) is 18.9 Å². The van der Waals surface area contributed by atoms with E-state index in [0.29, 0.717) is 29.4 Å². The van der Waals surface area contributed by atoms with Crippen LogP contribution in [-0.2, 0) is 15.9 Å². The van der Waals surface area contributed by atoms with Crippen molar-refractivity contribution in [2.45, 2.75) is 37.3 Å². The molecule has 3 aliphatic rings. The molecule has 1 saturated heterocycles. The van der Waals surface area contributed by atoms with Crippen LogP contribution in [0.4, 0.5) is 0 Å². The van der Waals surface area contributed by atoms with E-state index in [1.807, 2.05) is 30.3 Å². The fourth-order valence-corrected chi connectivity index (χ4v) is 5.45. The second-order valence-electron chi connectivity index (χ2n) is 9.30. The summed E-state index contributed by atoms with van der Waals surface area (Å²) in [5.74, 6) is 2.24. The van der Waals surface area contributed by atoms with Gasteiger partial charge in [-0.3, -0.25) is 0 Å². The van der Waals surface area contributed by atoms with Gasteiger partial charge in [-0.15, -0.1) is 0 Å². The molecule has 2 aliphatic heterocycles. The average Bonchev–Trinajstić information content (AvgIpc) is 3.34. The summed E-state index contributed by atoms with van der Waals surface area (Å²) in [6, 6.07) is 9.85. The molecule has 190 valence electrons. The highest BCUT2D eigenvalue weighted by Gasteiger charge is 2.40. The van der Waals surface area contributed by atoms with E-state index in [1.165, 1.54) is 0 Å². The monoisotopic (exact) mass is 488 g/mol. The number of aliphatic hydroxyl groups is 3. The molecule has 2 heterocycles. The van der Waals surface area contributed by atoms with Crippen molar-refractivity contribution in [3.8, 4) is 23.0 Å². The molecule has 0 spiro atoms. The molecule has 0 saturated carbocycles. The van der Waals surface area contributed by atoms with Crippen LogP contribution in [0.2, 0.25) is 0 Å². The van der Waals surface area contributed by atoms with Crippen LogP contribution in [0.5, 0.6) is 23.0 Å². The third-order valence-corrected chi connectivity index (χ3v) is 7.22. The van der Waals surface area contributed by atoms with E-state index in [1.54, 1.807) is 14.2 Å². The largest absolute Gasteiger partial charge is 0.493 e. The Bertz CT molecular complexity index is 1040. The number of hydrogen-bond acceptors (Lipinski definition) is 9. The Balaban J connectivity index is 1.53. The van der Waals surface area contributed by atoms with Gasteiger partial charge in [0.1, 0.15) is 6.10 Å². The highest BCUT2D eigenvalue weighted by Crippen LogP contribution is 2.49. The summed E-state index contributed by atoms with van der Waals surface area (Å²) in [6.45, 7) is 0.506. The van der Waals surface area contributed by atoms with Gasteiger partial charge in [-0.2, -0.15) is 0 Å². The molecular weight excluding hydrogens is 456 g/mol. The van der Waals surface area contributed by atoms with Gasteiger partial charge in [0.05, 0.1) is 33.5 Å². The highest BCUT2D eigenvalue weighted by atomic mass is 16.7. The number of hydrogen-bond donors (Lipinski definition) is 3. The fourth-order valence-electron chi connectivity index (χ4n) is 5.45. The molecule has 9 nitrogen and oxygen atoms in total. The first-order chi connectivity index (χ1) is 17.0. The molecule has 1 aliphatic carbocycles. The van der Waals surface area contributed by atoms with Crippen molar-refractivity contribution >= 4 is 0 Å². The molecule has 0 radical (unpaired) electrons. The van der Waals surface area contributed by atoms with Crippen molar-refractivity contribution in [2.75, 3.05) is 40.8 Å². The SMILES string of the molecule is COc1cc2c(cc1OC)C(c1ccc3c(c1)OCO3)[C@H](CO[C@@H]1OC[C@@H](O)C[C@H]1O)[C@@H](CO)C2. The van der Waals surface area contributed by atoms with E-state index < -0.39 is 18.5 Å². The minimum atomic E-state index is -0.921. The number of fused-ring (bicyclic) bond motifs is 2. The van der Waals surface area contributed by atoms with E-state index in [0.717, 1.165) is 16.7 Å². The van der Waals surface area contributed by atoms with Crippen molar-refractivity contribution in [1.29, 1.82) is 0 Å². The predicted octanol–water partition coefficient (Wildman–Crippen LogP) is 1.83. The maximum atomic E-state index is 10.4. The smallest absolute Gasteiger partial charge is 0.231 e. The molecule has 0 bridgehead atoms. The molecule has 0 aromatic heterocycles. The van der Waals surface area contributed by atoms with Gasteiger partial charge in [-0.25, -0.2) is 0 Å². The lowest BCUT2D eigenvalue weighted by atomic mass is 9.67. The van der Waals surface area contributed by atoms with Crippen LogP contribution in [-0.4, -0.2) is 74.7 Å². The first-order valence-corrected chi connectivity index (χ1v) is 11.9. The minimum Gasteiger partial charge on any atom is -0.493 e. The Hall–Kier alpha value is -2.56. The third kappa shape index (κ3) is 4.66. The lowest BCUT2D eigenvalue weighted by Crippen LogP contribution is -2.44. The average molecular weight is 489 g/mol. The lowest BCUT2D eigenvalue weighted by Gasteiger charge is -2.41. The zero-order valence-corrected chi connectivity index (χ0v) is 19.9. The maximum absolute atomic E-state index is 10.4. The van der Waals surface area contributed by atoms with Gasteiger partial charge >= 0.3 is 0 Å². The highest BCUT2D eigenvalue weighted by molar-refractivity contribution is 5.54. The lowest BCUT2D eigenvalue weighted by molar-refractivity contribution is -0.241. The molecule has 35 heavy (non-hydrogen) atoms. The molecule has 1 fully saturated rings. The van der Waals surface area contributed by atoms with Crippen molar-refractivity contribution in [3.05, 3.63) is 47.0 Å². The summed E-state index contributed by atoms with van der Waals surface area (Å²) < 4.78 is 33.9.